The topological polar surface area (TPSA) is 36.1 Å². The first-order valence-corrected chi connectivity index (χ1v) is 5.59. The summed E-state index contributed by atoms with van der Waals surface area (Å²) in [5, 5.41) is 13.1. The van der Waals surface area contributed by atoms with Crippen LogP contribution in [0.3, 0.4) is 0 Å². The summed E-state index contributed by atoms with van der Waals surface area (Å²) in [6.45, 7) is 6.05. The number of thiocyanates is 1. The molecule has 0 bridgehead atoms. The first kappa shape index (κ1) is 11.9. The van der Waals surface area contributed by atoms with Crippen LogP contribution in [0.2, 0.25) is 0 Å². The summed E-state index contributed by atoms with van der Waals surface area (Å²) < 4.78 is 0. The summed E-state index contributed by atoms with van der Waals surface area (Å²) in [5.41, 5.74) is 4.16. The minimum atomic E-state index is 0.733. The second kappa shape index (κ2) is 5.09. The van der Waals surface area contributed by atoms with Gasteiger partial charge in [-0.2, -0.15) is 10.3 Å². The van der Waals surface area contributed by atoms with Crippen molar-refractivity contribution >= 4 is 34.8 Å². The molecule has 0 N–H and O–H groups in total. The molecular formula is C11H10N2S2. The van der Waals surface area contributed by atoms with E-state index in [1.807, 2.05) is 26.8 Å². The Balaban J connectivity index is 3.51. The highest BCUT2D eigenvalue weighted by atomic mass is 32.2. The minimum absolute atomic E-state index is 0.733. The van der Waals surface area contributed by atoms with Gasteiger partial charge in [0.15, 0.2) is 0 Å². The van der Waals surface area contributed by atoms with Crippen molar-refractivity contribution in [1.29, 1.82) is 5.26 Å². The van der Waals surface area contributed by atoms with Crippen molar-refractivity contribution in [3.63, 3.8) is 0 Å². The summed E-state index contributed by atoms with van der Waals surface area (Å²) in [7, 11) is 0. The van der Waals surface area contributed by atoms with Crippen LogP contribution in [-0.4, -0.2) is 5.16 Å². The van der Waals surface area contributed by atoms with Gasteiger partial charge in [0.2, 0.25) is 0 Å². The Morgan fingerprint density at radius 2 is 2.00 bits per heavy atom. The molecule has 0 aliphatic carbocycles. The fourth-order valence-electron chi connectivity index (χ4n) is 1.34. The van der Waals surface area contributed by atoms with Crippen molar-refractivity contribution in [1.82, 2.24) is 0 Å². The van der Waals surface area contributed by atoms with E-state index in [0.717, 1.165) is 33.5 Å². The number of rotatable bonds is 2. The zero-order chi connectivity index (χ0) is 11.4. The van der Waals surface area contributed by atoms with Gasteiger partial charge in [0.05, 0.1) is 15.7 Å². The molecule has 0 aromatic heterocycles. The monoisotopic (exact) mass is 234 g/mol. The number of benzene rings is 1. The lowest BCUT2D eigenvalue weighted by molar-refractivity contribution is 1.18. The molecule has 2 nitrogen and oxygen atoms in total. The molecule has 0 atom stereocenters. The largest absolute Gasteiger partial charge is 0.193 e. The van der Waals surface area contributed by atoms with Gasteiger partial charge in [-0.25, -0.2) is 0 Å². The lowest BCUT2D eigenvalue weighted by atomic mass is 10.0. The number of hydrogen-bond donors (Lipinski definition) is 0. The third kappa shape index (κ3) is 2.45. The van der Waals surface area contributed by atoms with Crippen molar-refractivity contribution < 1.29 is 0 Å². The van der Waals surface area contributed by atoms with Crippen LogP contribution in [0.4, 0.5) is 5.69 Å². The van der Waals surface area contributed by atoms with E-state index in [1.54, 1.807) is 0 Å². The van der Waals surface area contributed by atoms with E-state index < -0.39 is 0 Å². The zero-order valence-electron chi connectivity index (χ0n) is 8.79. The molecule has 76 valence electrons. The summed E-state index contributed by atoms with van der Waals surface area (Å²) in [4.78, 5) is 4.85. The Labute approximate surface area is 99.0 Å². The molecule has 0 saturated carbocycles. The van der Waals surface area contributed by atoms with Crippen molar-refractivity contribution in [2.45, 2.75) is 25.7 Å². The molecule has 0 aliphatic rings. The summed E-state index contributed by atoms with van der Waals surface area (Å²) in [6.07, 6.45) is 0. The summed E-state index contributed by atoms with van der Waals surface area (Å²) >= 11 is 5.71. The Hall–Kier alpha value is -1.14. The van der Waals surface area contributed by atoms with E-state index in [9.17, 15) is 0 Å². The fourth-order valence-corrected chi connectivity index (χ4v) is 2.05. The second-order valence-corrected chi connectivity index (χ2v) is 4.17. The Morgan fingerprint density at radius 3 is 2.53 bits per heavy atom. The normalized spacial score (nSPS) is 9.20. The van der Waals surface area contributed by atoms with Gasteiger partial charge in [-0.05, 0) is 67.5 Å². The Bertz CT molecular complexity index is 480. The van der Waals surface area contributed by atoms with E-state index in [4.69, 9.17) is 5.26 Å². The van der Waals surface area contributed by atoms with Crippen molar-refractivity contribution in [3.05, 3.63) is 22.8 Å². The highest BCUT2D eigenvalue weighted by Crippen LogP contribution is 2.35. The number of hydrogen-bond acceptors (Lipinski definition) is 4. The smallest absolute Gasteiger partial charge is 0.138 e. The standard InChI is InChI=1S/C11H10N2S2/c1-7-4-10(13-6-14)11(15-5-12)9(3)8(7)2/h4H,1-3H3. The van der Waals surface area contributed by atoms with Gasteiger partial charge >= 0.3 is 0 Å². The van der Waals surface area contributed by atoms with Crippen LogP contribution in [-0.2, 0) is 0 Å². The van der Waals surface area contributed by atoms with E-state index in [2.05, 4.69) is 27.8 Å². The number of thiocarbonyl (C=S) groups is 1. The lowest BCUT2D eigenvalue weighted by Crippen LogP contribution is -1.89. The van der Waals surface area contributed by atoms with Crippen LogP contribution >= 0.6 is 24.0 Å². The van der Waals surface area contributed by atoms with Gasteiger partial charge < -0.3 is 0 Å². The van der Waals surface area contributed by atoms with Gasteiger partial charge in [0, 0.05) is 0 Å². The number of nitrogens with zero attached hydrogens (tertiary/aromatic N) is 2. The molecule has 1 aromatic rings. The number of aliphatic imine (C=N–C) groups is 1. The molecule has 0 aliphatic heterocycles. The number of thioether (sulfide) groups is 1. The average Bonchev–Trinajstić information content (AvgIpc) is 2.21. The van der Waals surface area contributed by atoms with Crippen molar-refractivity contribution in [3.8, 4) is 5.40 Å². The molecule has 0 spiro atoms. The number of aryl methyl sites for hydroxylation is 1. The molecule has 0 unspecified atom stereocenters. The van der Waals surface area contributed by atoms with Crippen molar-refractivity contribution in [2.24, 2.45) is 4.99 Å². The highest BCUT2D eigenvalue weighted by molar-refractivity contribution is 8.04. The molecule has 0 heterocycles. The maximum atomic E-state index is 8.72. The third-order valence-electron chi connectivity index (χ3n) is 2.39. The predicted octanol–water partition coefficient (Wildman–Crippen LogP) is 3.92. The molecular weight excluding hydrogens is 224 g/mol. The summed E-state index contributed by atoms with van der Waals surface area (Å²) in [6, 6.07) is 1.93. The van der Waals surface area contributed by atoms with E-state index in [1.165, 1.54) is 5.56 Å². The van der Waals surface area contributed by atoms with Crippen LogP contribution in [0.15, 0.2) is 16.0 Å². The first-order chi connectivity index (χ1) is 7.11. The molecule has 1 rings (SSSR count). The van der Waals surface area contributed by atoms with Crippen LogP contribution in [0.5, 0.6) is 0 Å². The van der Waals surface area contributed by atoms with Gasteiger partial charge in [-0.1, -0.05) is 0 Å². The highest BCUT2D eigenvalue weighted by Gasteiger charge is 2.10. The van der Waals surface area contributed by atoms with Gasteiger partial charge in [0.1, 0.15) is 5.40 Å². The lowest BCUT2D eigenvalue weighted by Gasteiger charge is -2.10. The third-order valence-corrected chi connectivity index (χ3v) is 3.30. The number of isothiocyanates is 1. The molecule has 4 heteroatoms. The van der Waals surface area contributed by atoms with Crippen LogP contribution < -0.4 is 0 Å². The fraction of sp³-hybridized carbons (Fsp3) is 0.273. The predicted molar refractivity (Wildman–Crippen MR) is 66.8 cm³/mol. The van der Waals surface area contributed by atoms with Gasteiger partial charge in [-0.15, -0.1) is 0 Å². The summed E-state index contributed by atoms with van der Waals surface area (Å²) in [5.74, 6) is 0. The molecule has 1 aromatic carbocycles. The zero-order valence-corrected chi connectivity index (χ0v) is 10.4. The van der Waals surface area contributed by atoms with Crippen LogP contribution in [0.25, 0.3) is 0 Å². The van der Waals surface area contributed by atoms with Gasteiger partial charge in [-0.3, -0.25) is 0 Å². The maximum Gasteiger partial charge on any atom is 0.138 e. The Kier molecular flexibility index (Phi) is 4.05. The van der Waals surface area contributed by atoms with Crippen LogP contribution in [0, 0.1) is 31.4 Å². The van der Waals surface area contributed by atoms with Crippen LogP contribution in [0.1, 0.15) is 16.7 Å². The number of nitriles is 1. The maximum absolute atomic E-state index is 8.72. The van der Waals surface area contributed by atoms with E-state index >= 15 is 0 Å². The Morgan fingerprint density at radius 1 is 1.33 bits per heavy atom. The molecule has 0 radical (unpaired) electrons. The molecule has 0 amide bonds. The SMILES string of the molecule is Cc1cc(N=C=S)c(SC#N)c(C)c1C. The van der Waals surface area contributed by atoms with E-state index in [0.29, 0.717) is 0 Å². The second-order valence-electron chi connectivity index (χ2n) is 3.19. The molecule has 15 heavy (non-hydrogen) atoms. The first-order valence-electron chi connectivity index (χ1n) is 4.36. The van der Waals surface area contributed by atoms with Crippen molar-refractivity contribution in [2.75, 3.05) is 0 Å². The minimum Gasteiger partial charge on any atom is -0.193 e. The molecule has 0 fully saturated rings. The average molecular weight is 234 g/mol. The molecule has 0 saturated heterocycles. The quantitative estimate of drug-likeness (QED) is 0.337. The van der Waals surface area contributed by atoms with E-state index in [-0.39, 0.29) is 0 Å². The van der Waals surface area contributed by atoms with Gasteiger partial charge in [0.25, 0.3) is 0 Å².